The molecule has 0 spiro atoms. The fourth-order valence-electron chi connectivity index (χ4n) is 2.88. The molecule has 19 heavy (non-hydrogen) atoms. The number of ether oxygens (including phenoxy) is 1. The molecule has 0 aromatic heterocycles. The third-order valence-corrected chi connectivity index (χ3v) is 3.72. The van der Waals surface area contributed by atoms with E-state index in [0.29, 0.717) is 0 Å². The quantitative estimate of drug-likeness (QED) is 0.897. The highest BCUT2D eigenvalue weighted by atomic mass is 19.1. The average Bonchev–Trinajstić information content (AvgIpc) is 2.67. The summed E-state index contributed by atoms with van der Waals surface area (Å²) in [6.45, 7) is 2.42. The van der Waals surface area contributed by atoms with Gasteiger partial charge < -0.3 is 9.84 Å². The van der Waals surface area contributed by atoms with Crippen LogP contribution in [0.4, 0.5) is 4.39 Å². The molecule has 0 amide bonds. The number of carboxylic acid groups (broad SMARTS) is 1. The Bertz CT molecular complexity index is 499. The molecule has 0 saturated carbocycles. The van der Waals surface area contributed by atoms with E-state index in [-0.39, 0.29) is 24.3 Å². The van der Waals surface area contributed by atoms with Crippen LogP contribution < -0.4 is 4.74 Å². The third-order valence-electron chi connectivity index (χ3n) is 3.72. The Labute approximate surface area is 110 Å². The molecular formula is C14H16FNO3. The second-order valence-corrected chi connectivity index (χ2v) is 5.38. The standard InChI is InChI=1S/C14H16FNO3/c15-11-1-2-13-10(4-11)5-12(19-13)8-16-6-9(7-16)3-14(17)18/h1-2,4,9,12H,3,5-8H2,(H,17,18). The average molecular weight is 265 g/mol. The van der Waals surface area contributed by atoms with Crippen LogP contribution in [-0.2, 0) is 11.2 Å². The summed E-state index contributed by atoms with van der Waals surface area (Å²) >= 11 is 0. The smallest absolute Gasteiger partial charge is 0.303 e. The van der Waals surface area contributed by atoms with Crippen molar-refractivity contribution >= 4 is 5.97 Å². The van der Waals surface area contributed by atoms with Gasteiger partial charge in [-0.2, -0.15) is 0 Å². The number of carbonyl (C=O) groups is 1. The molecule has 5 heteroatoms. The fraction of sp³-hybridized carbons (Fsp3) is 0.500. The summed E-state index contributed by atoms with van der Waals surface area (Å²) in [4.78, 5) is 12.8. The van der Waals surface area contributed by atoms with Crippen molar-refractivity contribution in [3.05, 3.63) is 29.6 Å². The van der Waals surface area contributed by atoms with Gasteiger partial charge in [0.2, 0.25) is 0 Å². The molecule has 102 valence electrons. The van der Waals surface area contributed by atoms with E-state index in [4.69, 9.17) is 9.84 Å². The van der Waals surface area contributed by atoms with Crippen molar-refractivity contribution in [3.8, 4) is 5.75 Å². The van der Waals surface area contributed by atoms with Crippen LogP contribution in [0.1, 0.15) is 12.0 Å². The number of aliphatic carboxylic acids is 1. The number of hydrogen-bond acceptors (Lipinski definition) is 3. The van der Waals surface area contributed by atoms with Crippen LogP contribution in [0.25, 0.3) is 0 Å². The number of nitrogens with zero attached hydrogens (tertiary/aromatic N) is 1. The minimum atomic E-state index is -0.732. The zero-order valence-corrected chi connectivity index (χ0v) is 10.5. The first-order valence-corrected chi connectivity index (χ1v) is 6.49. The lowest BCUT2D eigenvalue weighted by molar-refractivity contribution is -0.139. The highest BCUT2D eigenvalue weighted by Crippen LogP contribution is 2.30. The number of hydrogen-bond donors (Lipinski definition) is 1. The van der Waals surface area contributed by atoms with Crippen molar-refractivity contribution in [1.82, 2.24) is 4.90 Å². The number of fused-ring (bicyclic) bond motifs is 1. The molecule has 1 saturated heterocycles. The van der Waals surface area contributed by atoms with E-state index < -0.39 is 5.97 Å². The summed E-state index contributed by atoms with van der Waals surface area (Å²) in [6.07, 6.45) is 1.03. The van der Waals surface area contributed by atoms with Crippen molar-refractivity contribution in [2.75, 3.05) is 19.6 Å². The summed E-state index contributed by atoms with van der Waals surface area (Å²) in [6, 6.07) is 4.61. The van der Waals surface area contributed by atoms with Gasteiger partial charge >= 0.3 is 5.97 Å². The third kappa shape index (κ3) is 2.71. The monoisotopic (exact) mass is 265 g/mol. The van der Waals surface area contributed by atoms with Gasteiger partial charge in [-0.05, 0) is 24.1 Å². The van der Waals surface area contributed by atoms with Crippen LogP contribution in [0.3, 0.4) is 0 Å². The SMILES string of the molecule is O=C(O)CC1CN(CC2Cc3cc(F)ccc3O2)C1. The summed E-state index contributed by atoms with van der Waals surface area (Å²) in [5, 5.41) is 8.68. The number of carboxylic acids is 1. The molecule has 1 aromatic carbocycles. The minimum Gasteiger partial charge on any atom is -0.488 e. The second-order valence-electron chi connectivity index (χ2n) is 5.38. The van der Waals surface area contributed by atoms with Crippen molar-refractivity contribution in [1.29, 1.82) is 0 Å². The number of halogens is 1. The maximum atomic E-state index is 13.1. The number of rotatable bonds is 4. The summed E-state index contributed by atoms with van der Waals surface area (Å²) in [5.41, 5.74) is 0.924. The summed E-state index contributed by atoms with van der Waals surface area (Å²) in [7, 11) is 0. The largest absolute Gasteiger partial charge is 0.488 e. The summed E-state index contributed by atoms with van der Waals surface area (Å²) < 4.78 is 18.8. The summed E-state index contributed by atoms with van der Waals surface area (Å²) in [5.74, 6) is 0.0749. The van der Waals surface area contributed by atoms with E-state index in [1.807, 2.05) is 0 Å². The molecule has 2 aliphatic rings. The van der Waals surface area contributed by atoms with Crippen LogP contribution in [0, 0.1) is 11.7 Å². The van der Waals surface area contributed by atoms with Crippen molar-refractivity contribution in [2.24, 2.45) is 5.92 Å². The van der Waals surface area contributed by atoms with E-state index in [0.717, 1.165) is 37.4 Å². The zero-order chi connectivity index (χ0) is 13.4. The fourth-order valence-corrected chi connectivity index (χ4v) is 2.88. The van der Waals surface area contributed by atoms with Crippen molar-refractivity contribution in [2.45, 2.75) is 18.9 Å². The predicted octanol–water partition coefficient (Wildman–Crippen LogP) is 1.54. The zero-order valence-electron chi connectivity index (χ0n) is 10.5. The Morgan fingerprint density at radius 1 is 1.47 bits per heavy atom. The Morgan fingerprint density at radius 3 is 3.00 bits per heavy atom. The van der Waals surface area contributed by atoms with Gasteiger partial charge in [0, 0.05) is 31.6 Å². The van der Waals surface area contributed by atoms with Crippen molar-refractivity contribution < 1.29 is 19.0 Å². The number of benzene rings is 1. The van der Waals surface area contributed by atoms with Crippen molar-refractivity contribution in [3.63, 3.8) is 0 Å². The van der Waals surface area contributed by atoms with Gasteiger partial charge in [-0.15, -0.1) is 0 Å². The molecule has 4 nitrogen and oxygen atoms in total. The van der Waals surface area contributed by atoms with Gasteiger partial charge in [0.15, 0.2) is 0 Å². The molecule has 0 bridgehead atoms. The first kappa shape index (κ1) is 12.4. The lowest BCUT2D eigenvalue weighted by Crippen LogP contribution is -2.50. The first-order valence-electron chi connectivity index (χ1n) is 6.49. The Kier molecular flexibility index (Phi) is 3.14. The van der Waals surface area contributed by atoms with Crippen LogP contribution in [-0.4, -0.2) is 41.7 Å². The van der Waals surface area contributed by atoms with Gasteiger partial charge in [0.05, 0.1) is 6.42 Å². The molecule has 2 heterocycles. The van der Waals surface area contributed by atoms with E-state index >= 15 is 0 Å². The van der Waals surface area contributed by atoms with Crippen LogP contribution in [0.15, 0.2) is 18.2 Å². The molecule has 2 aliphatic heterocycles. The topological polar surface area (TPSA) is 49.8 Å². The predicted molar refractivity (Wildman–Crippen MR) is 66.7 cm³/mol. The van der Waals surface area contributed by atoms with Gasteiger partial charge in [0.1, 0.15) is 17.7 Å². The lowest BCUT2D eigenvalue weighted by atomic mass is 9.95. The molecule has 1 N–H and O–H groups in total. The highest BCUT2D eigenvalue weighted by Gasteiger charge is 2.32. The van der Waals surface area contributed by atoms with E-state index in [2.05, 4.69) is 4.90 Å². The first-order chi connectivity index (χ1) is 9.10. The number of likely N-dealkylation sites (tertiary alicyclic amines) is 1. The van der Waals surface area contributed by atoms with E-state index in [1.54, 1.807) is 6.07 Å². The molecule has 0 radical (unpaired) electrons. The van der Waals surface area contributed by atoms with Gasteiger partial charge in [-0.1, -0.05) is 0 Å². The molecule has 1 fully saturated rings. The molecule has 3 rings (SSSR count). The Hall–Kier alpha value is -1.62. The van der Waals surface area contributed by atoms with E-state index in [9.17, 15) is 9.18 Å². The van der Waals surface area contributed by atoms with Gasteiger partial charge in [-0.25, -0.2) is 4.39 Å². The van der Waals surface area contributed by atoms with Gasteiger partial charge in [0.25, 0.3) is 0 Å². The molecule has 0 aliphatic carbocycles. The lowest BCUT2D eigenvalue weighted by Gasteiger charge is -2.39. The Balaban J connectivity index is 1.48. The van der Waals surface area contributed by atoms with Gasteiger partial charge in [-0.3, -0.25) is 9.69 Å². The van der Waals surface area contributed by atoms with Crippen LogP contribution in [0.5, 0.6) is 5.75 Å². The molecule has 1 unspecified atom stereocenters. The molecule has 1 atom stereocenters. The Morgan fingerprint density at radius 2 is 2.26 bits per heavy atom. The van der Waals surface area contributed by atoms with Crippen LogP contribution >= 0.6 is 0 Å². The molecular weight excluding hydrogens is 249 g/mol. The minimum absolute atomic E-state index is 0.0579. The highest BCUT2D eigenvalue weighted by molar-refractivity contribution is 5.67. The maximum absolute atomic E-state index is 13.1. The second kappa shape index (κ2) is 4.81. The van der Waals surface area contributed by atoms with Crippen LogP contribution in [0.2, 0.25) is 0 Å². The maximum Gasteiger partial charge on any atom is 0.303 e. The normalized spacial score (nSPS) is 22.7. The van der Waals surface area contributed by atoms with E-state index in [1.165, 1.54) is 12.1 Å². The molecule has 1 aromatic rings.